The summed E-state index contributed by atoms with van der Waals surface area (Å²) in [5.41, 5.74) is 6.39. The van der Waals surface area contributed by atoms with Crippen LogP contribution in [-0.2, 0) is 9.84 Å². The molecule has 0 aliphatic heterocycles. The normalized spacial score (nSPS) is 14.1. The zero-order chi connectivity index (χ0) is 10.1. The predicted molar refractivity (Wildman–Crippen MR) is 55.4 cm³/mol. The van der Waals surface area contributed by atoms with Crippen LogP contribution in [0.4, 0.5) is 0 Å². The van der Waals surface area contributed by atoms with E-state index in [9.17, 15) is 8.42 Å². The van der Waals surface area contributed by atoms with Crippen molar-refractivity contribution in [3.8, 4) is 0 Å². The Kier molecular flexibility index (Phi) is 3.10. The SMILES string of the molecule is CS(=O)(=O)c1ccc(C(N)Br)cc1. The molecule has 5 heteroatoms. The van der Waals surface area contributed by atoms with Crippen molar-refractivity contribution in [2.24, 2.45) is 5.73 Å². The molecular weight excluding hydrogens is 254 g/mol. The van der Waals surface area contributed by atoms with E-state index in [1.807, 2.05) is 0 Å². The minimum absolute atomic E-state index is 0.249. The van der Waals surface area contributed by atoms with Gasteiger partial charge in [-0.3, -0.25) is 0 Å². The summed E-state index contributed by atoms with van der Waals surface area (Å²) in [6.07, 6.45) is 1.18. The first kappa shape index (κ1) is 10.7. The van der Waals surface area contributed by atoms with Crippen LogP contribution in [-0.4, -0.2) is 14.7 Å². The number of rotatable bonds is 2. The molecule has 72 valence electrons. The molecule has 0 spiro atoms. The second-order valence-electron chi connectivity index (χ2n) is 2.74. The Morgan fingerprint density at radius 1 is 1.31 bits per heavy atom. The quantitative estimate of drug-likeness (QED) is 0.649. The Morgan fingerprint density at radius 3 is 2.08 bits per heavy atom. The van der Waals surface area contributed by atoms with Gasteiger partial charge in [0, 0.05) is 6.26 Å². The van der Waals surface area contributed by atoms with Crippen LogP contribution in [0.1, 0.15) is 10.5 Å². The highest BCUT2D eigenvalue weighted by Gasteiger charge is 2.07. The molecule has 0 saturated carbocycles. The van der Waals surface area contributed by atoms with Gasteiger partial charge in [-0.25, -0.2) is 8.42 Å². The number of alkyl halides is 1. The molecule has 1 rings (SSSR count). The molecular formula is C8H10BrNO2S. The molecule has 0 aliphatic rings. The molecule has 0 bridgehead atoms. The van der Waals surface area contributed by atoms with Gasteiger partial charge in [0.2, 0.25) is 0 Å². The standard InChI is InChI=1S/C8H10BrNO2S/c1-13(11,12)7-4-2-6(3-5-7)8(9)10/h2-5,8H,10H2,1H3. The largest absolute Gasteiger partial charge is 0.315 e. The van der Waals surface area contributed by atoms with Gasteiger partial charge in [-0.15, -0.1) is 0 Å². The topological polar surface area (TPSA) is 60.2 Å². The van der Waals surface area contributed by atoms with Crippen molar-refractivity contribution >= 4 is 25.8 Å². The number of nitrogens with two attached hydrogens (primary N) is 1. The number of hydrogen-bond donors (Lipinski definition) is 1. The second kappa shape index (κ2) is 3.77. The highest BCUT2D eigenvalue weighted by Crippen LogP contribution is 2.18. The van der Waals surface area contributed by atoms with Crippen molar-refractivity contribution < 1.29 is 8.42 Å². The molecule has 0 aromatic heterocycles. The first-order valence-corrected chi connectivity index (χ1v) is 6.41. The zero-order valence-electron chi connectivity index (χ0n) is 7.07. The third-order valence-electron chi connectivity index (χ3n) is 1.63. The first-order chi connectivity index (χ1) is 5.91. The minimum atomic E-state index is -3.10. The highest BCUT2D eigenvalue weighted by molar-refractivity contribution is 9.09. The maximum Gasteiger partial charge on any atom is 0.175 e. The van der Waals surface area contributed by atoms with E-state index in [1.54, 1.807) is 24.3 Å². The summed E-state index contributed by atoms with van der Waals surface area (Å²) >= 11 is 3.19. The van der Waals surface area contributed by atoms with Crippen molar-refractivity contribution in [2.45, 2.75) is 9.85 Å². The maximum absolute atomic E-state index is 11.1. The molecule has 1 aromatic carbocycles. The fourth-order valence-corrected chi connectivity index (χ4v) is 1.83. The van der Waals surface area contributed by atoms with Gasteiger partial charge in [0.25, 0.3) is 0 Å². The van der Waals surface area contributed by atoms with Crippen molar-refractivity contribution in [3.63, 3.8) is 0 Å². The second-order valence-corrected chi connectivity index (χ2v) is 5.75. The van der Waals surface area contributed by atoms with Gasteiger partial charge >= 0.3 is 0 Å². The molecule has 1 atom stereocenters. The van der Waals surface area contributed by atoms with Crippen LogP contribution >= 0.6 is 15.9 Å². The lowest BCUT2D eigenvalue weighted by atomic mass is 10.2. The predicted octanol–water partition coefficient (Wildman–Crippen LogP) is 1.44. The Morgan fingerprint density at radius 2 is 1.77 bits per heavy atom. The lowest BCUT2D eigenvalue weighted by Crippen LogP contribution is -2.02. The number of benzene rings is 1. The molecule has 0 aliphatic carbocycles. The van der Waals surface area contributed by atoms with E-state index in [-0.39, 0.29) is 4.95 Å². The Bertz CT molecular complexity index is 383. The Balaban J connectivity index is 3.08. The van der Waals surface area contributed by atoms with Crippen LogP contribution in [0.25, 0.3) is 0 Å². The van der Waals surface area contributed by atoms with Crippen molar-refractivity contribution in [1.29, 1.82) is 0 Å². The van der Waals surface area contributed by atoms with Gasteiger partial charge in [-0.05, 0) is 17.7 Å². The lowest BCUT2D eigenvalue weighted by Gasteiger charge is -2.04. The van der Waals surface area contributed by atoms with Gasteiger partial charge in [0.05, 0.1) is 9.85 Å². The molecule has 1 aromatic rings. The highest BCUT2D eigenvalue weighted by atomic mass is 79.9. The van der Waals surface area contributed by atoms with Gasteiger partial charge < -0.3 is 5.73 Å². The van der Waals surface area contributed by atoms with Gasteiger partial charge in [-0.1, -0.05) is 28.1 Å². The molecule has 0 heterocycles. The number of sulfone groups is 1. The summed E-state index contributed by atoms with van der Waals surface area (Å²) in [5, 5.41) is 0. The van der Waals surface area contributed by atoms with Gasteiger partial charge in [0.1, 0.15) is 0 Å². The van der Waals surface area contributed by atoms with Crippen LogP contribution in [0.15, 0.2) is 29.2 Å². The molecule has 0 fully saturated rings. The van der Waals surface area contributed by atoms with E-state index in [0.717, 1.165) is 5.56 Å². The molecule has 2 N–H and O–H groups in total. The van der Waals surface area contributed by atoms with Gasteiger partial charge in [0.15, 0.2) is 9.84 Å². The van der Waals surface area contributed by atoms with Crippen LogP contribution in [0.2, 0.25) is 0 Å². The van der Waals surface area contributed by atoms with E-state index < -0.39 is 9.84 Å². The average Bonchev–Trinajstić information content (AvgIpc) is 2.03. The summed E-state index contributed by atoms with van der Waals surface area (Å²) < 4.78 is 22.1. The molecule has 13 heavy (non-hydrogen) atoms. The third-order valence-corrected chi connectivity index (χ3v) is 3.28. The molecule has 0 radical (unpaired) electrons. The molecule has 0 amide bonds. The smallest absolute Gasteiger partial charge is 0.175 e. The lowest BCUT2D eigenvalue weighted by molar-refractivity contribution is 0.602. The average molecular weight is 264 g/mol. The van der Waals surface area contributed by atoms with E-state index >= 15 is 0 Å². The van der Waals surface area contributed by atoms with Crippen LogP contribution in [0, 0.1) is 0 Å². The van der Waals surface area contributed by atoms with E-state index in [0.29, 0.717) is 4.90 Å². The summed E-state index contributed by atoms with van der Waals surface area (Å²) in [5.74, 6) is 0. The maximum atomic E-state index is 11.1. The van der Waals surface area contributed by atoms with Crippen molar-refractivity contribution in [3.05, 3.63) is 29.8 Å². The molecule has 3 nitrogen and oxygen atoms in total. The van der Waals surface area contributed by atoms with Crippen molar-refractivity contribution in [1.82, 2.24) is 0 Å². The third kappa shape index (κ3) is 2.79. The van der Waals surface area contributed by atoms with Crippen LogP contribution in [0.5, 0.6) is 0 Å². The summed E-state index contributed by atoms with van der Waals surface area (Å²) in [6, 6.07) is 6.48. The fraction of sp³-hybridized carbons (Fsp3) is 0.250. The molecule has 1 unspecified atom stereocenters. The van der Waals surface area contributed by atoms with Crippen LogP contribution in [0.3, 0.4) is 0 Å². The fourth-order valence-electron chi connectivity index (χ4n) is 0.899. The zero-order valence-corrected chi connectivity index (χ0v) is 9.47. The first-order valence-electron chi connectivity index (χ1n) is 3.61. The van der Waals surface area contributed by atoms with E-state index in [1.165, 1.54) is 6.26 Å². The Hall–Kier alpha value is -0.390. The summed E-state index contributed by atoms with van der Waals surface area (Å²) in [6.45, 7) is 0. The van der Waals surface area contributed by atoms with Crippen LogP contribution < -0.4 is 5.73 Å². The Labute approximate surface area is 86.0 Å². The van der Waals surface area contributed by atoms with Gasteiger partial charge in [-0.2, -0.15) is 0 Å². The summed E-state index contributed by atoms with van der Waals surface area (Å²) in [4.78, 5) is 0.0607. The minimum Gasteiger partial charge on any atom is -0.315 e. The summed E-state index contributed by atoms with van der Waals surface area (Å²) in [7, 11) is -3.10. The van der Waals surface area contributed by atoms with E-state index in [2.05, 4.69) is 15.9 Å². The van der Waals surface area contributed by atoms with Crippen molar-refractivity contribution in [2.75, 3.05) is 6.26 Å². The van der Waals surface area contributed by atoms with E-state index in [4.69, 9.17) is 5.73 Å². The number of hydrogen-bond acceptors (Lipinski definition) is 3. The number of halogens is 1. The monoisotopic (exact) mass is 263 g/mol. The molecule has 0 saturated heterocycles.